The number of aromatic nitrogens is 2. The maximum Gasteiger partial charge on any atom is 0.241 e. The van der Waals surface area contributed by atoms with Crippen LogP contribution < -0.4 is 5.32 Å². The largest absolute Gasteiger partial charge is 0.351 e. The monoisotopic (exact) mass is 372 g/mol. The lowest BCUT2D eigenvalue weighted by Crippen LogP contribution is -2.41. The zero-order chi connectivity index (χ0) is 18.6. The van der Waals surface area contributed by atoms with E-state index in [1.807, 2.05) is 4.90 Å². The Morgan fingerprint density at radius 1 is 1.23 bits per heavy atom. The number of piperidine rings is 1. The highest BCUT2D eigenvalue weighted by atomic mass is 32.1. The predicted octanol–water partition coefficient (Wildman–Crippen LogP) is 3.73. The Morgan fingerprint density at radius 3 is 2.54 bits per heavy atom. The van der Waals surface area contributed by atoms with E-state index in [9.17, 15) is 4.79 Å². The van der Waals surface area contributed by atoms with E-state index >= 15 is 0 Å². The lowest BCUT2D eigenvalue weighted by molar-refractivity contribution is -0.130. The molecule has 2 heterocycles. The second kappa shape index (κ2) is 8.16. The van der Waals surface area contributed by atoms with Gasteiger partial charge in [0.1, 0.15) is 5.82 Å². The normalized spacial score (nSPS) is 15.9. The Balaban J connectivity index is 1.43. The first-order valence-corrected chi connectivity index (χ1v) is 10.1. The first-order valence-electron chi connectivity index (χ1n) is 9.31. The molecular formula is C20H28N4OS. The molecule has 1 aromatic carbocycles. The molecule has 1 saturated heterocycles. The van der Waals surface area contributed by atoms with Crippen LogP contribution in [-0.4, -0.2) is 39.8 Å². The molecule has 1 N–H and O–H groups in total. The fourth-order valence-electron chi connectivity index (χ4n) is 3.20. The van der Waals surface area contributed by atoms with Gasteiger partial charge >= 0.3 is 0 Å². The van der Waals surface area contributed by atoms with Crippen molar-refractivity contribution in [1.29, 1.82) is 0 Å². The van der Waals surface area contributed by atoms with Crippen molar-refractivity contribution in [3.05, 3.63) is 41.7 Å². The number of carbonyl (C=O) groups excluding carboxylic acids is 1. The van der Waals surface area contributed by atoms with Crippen molar-refractivity contribution in [1.82, 2.24) is 14.3 Å². The highest BCUT2D eigenvalue weighted by Crippen LogP contribution is 2.24. The summed E-state index contributed by atoms with van der Waals surface area (Å²) < 4.78 is 4.37. The average molecular weight is 373 g/mol. The summed E-state index contributed by atoms with van der Waals surface area (Å²) in [4.78, 5) is 18.9. The first kappa shape index (κ1) is 18.8. The molecule has 0 radical (unpaired) electrons. The predicted molar refractivity (Wildman–Crippen MR) is 107 cm³/mol. The summed E-state index contributed by atoms with van der Waals surface area (Å²) in [6.45, 7) is 8.25. The van der Waals surface area contributed by atoms with E-state index in [4.69, 9.17) is 0 Å². The highest BCUT2D eigenvalue weighted by molar-refractivity contribution is 7.09. The molecule has 2 aromatic rings. The Hall–Kier alpha value is -1.95. The molecular weight excluding hydrogens is 344 g/mol. The van der Waals surface area contributed by atoms with Crippen molar-refractivity contribution >= 4 is 22.6 Å². The summed E-state index contributed by atoms with van der Waals surface area (Å²) in [6, 6.07) is 10.6. The molecule has 26 heavy (non-hydrogen) atoms. The second-order valence-electron chi connectivity index (χ2n) is 8.04. The summed E-state index contributed by atoms with van der Waals surface area (Å²) in [6.07, 6.45) is 3.27. The maximum atomic E-state index is 12.5. The average Bonchev–Trinajstić information content (AvgIpc) is 3.11. The van der Waals surface area contributed by atoms with E-state index in [2.05, 4.69) is 65.8 Å². The van der Waals surface area contributed by atoms with Crippen LogP contribution in [0, 0.1) is 5.92 Å². The van der Waals surface area contributed by atoms with Crippen molar-refractivity contribution in [3.63, 3.8) is 0 Å². The summed E-state index contributed by atoms with van der Waals surface area (Å²) >= 11 is 1.32. The van der Waals surface area contributed by atoms with Gasteiger partial charge in [-0.2, -0.15) is 4.37 Å². The van der Waals surface area contributed by atoms with Gasteiger partial charge in [0.25, 0.3) is 0 Å². The molecule has 0 bridgehead atoms. The van der Waals surface area contributed by atoms with E-state index in [0.717, 1.165) is 43.3 Å². The van der Waals surface area contributed by atoms with Crippen LogP contribution in [0.2, 0.25) is 0 Å². The summed E-state index contributed by atoms with van der Waals surface area (Å²) in [5, 5.41) is 3.86. The standard InChI is InChI=1S/C20H28N4OS/c1-20(2,3)18-22-19(26-23-18)21-14-17(25)24-11-9-16(10-12-24)13-15-7-5-4-6-8-15/h4-8,16H,9-14H2,1-3H3,(H,21,22,23). The lowest BCUT2D eigenvalue weighted by atomic mass is 9.90. The molecule has 1 aromatic heterocycles. The third kappa shape index (κ3) is 5.04. The van der Waals surface area contributed by atoms with Crippen molar-refractivity contribution in [2.24, 2.45) is 5.92 Å². The Kier molecular flexibility index (Phi) is 5.91. The van der Waals surface area contributed by atoms with Gasteiger partial charge in [0.05, 0.1) is 6.54 Å². The van der Waals surface area contributed by atoms with E-state index in [1.54, 1.807) is 0 Å². The number of nitrogens with zero attached hydrogens (tertiary/aromatic N) is 3. The topological polar surface area (TPSA) is 58.1 Å². The molecule has 0 saturated carbocycles. The van der Waals surface area contributed by atoms with Crippen molar-refractivity contribution in [2.45, 2.75) is 45.4 Å². The van der Waals surface area contributed by atoms with E-state index in [1.165, 1.54) is 17.1 Å². The van der Waals surface area contributed by atoms with Gasteiger partial charge in [-0.05, 0) is 30.7 Å². The minimum atomic E-state index is -0.0684. The molecule has 1 aliphatic rings. The van der Waals surface area contributed by atoms with Gasteiger partial charge in [0.15, 0.2) is 0 Å². The zero-order valence-corrected chi connectivity index (χ0v) is 16.7. The number of amides is 1. The Labute approximate surface area is 160 Å². The molecule has 1 aliphatic heterocycles. The van der Waals surface area contributed by atoms with Crippen LogP contribution in [-0.2, 0) is 16.6 Å². The van der Waals surface area contributed by atoms with Crippen LogP contribution in [0.5, 0.6) is 0 Å². The molecule has 5 nitrogen and oxygen atoms in total. The van der Waals surface area contributed by atoms with E-state index in [-0.39, 0.29) is 11.3 Å². The van der Waals surface area contributed by atoms with Crippen LogP contribution in [0.1, 0.15) is 45.0 Å². The quantitative estimate of drug-likeness (QED) is 0.869. The van der Waals surface area contributed by atoms with Gasteiger partial charge in [-0.25, -0.2) is 4.98 Å². The minimum absolute atomic E-state index is 0.0684. The number of anilines is 1. The third-order valence-corrected chi connectivity index (χ3v) is 5.49. The van der Waals surface area contributed by atoms with Crippen LogP contribution >= 0.6 is 11.5 Å². The molecule has 1 fully saturated rings. The Bertz CT molecular complexity index is 715. The fraction of sp³-hybridized carbons (Fsp3) is 0.550. The van der Waals surface area contributed by atoms with Gasteiger partial charge in [-0.15, -0.1) is 0 Å². The summed E-state index contributed by atoms with van der Waals surface area (Å²) in [5.41, 5.74) is 1.33. The zero-order valence-electron chi connectivity index (χ0n) is 15.9. The number of hydrogen-bond acceptors (Lipinski definition) is 5. The van der Waals surface area contributed by atoms with Crippen molar-refractivity contribution in [2.75, 3.05) is 25.0 Å². The molecule has 6 heteroatoms. The molecule has 140 valence electrons. The molecule has 0 unspecified atom stereocenters. The lowest BCUT2D eigenvalue weighted by Gasteiger charge is -2.32. The number of likely N-dealkylation sites (tertiary alicyclic amines) is 1. The van der Waals surface area contributed by atoms with E-state index in [0.29, 0.717) is 12.5 Å². The van der Waals surface area contributed by atoms with Gasteiger partial charge in [-0.1, -0.05) is 51.1 Å². The maximum absolute atomic E-state index is 12.5. The van der Waals surface area contributed by atoms with Gasteiger partial charge in [-0.3, -0.25) is 4.79 Å². The number of benzene rings is 1. The van der Waals surface area contributed by atoms with Gasteiger partial charge in [0.2, 0.25) is 11.0 Å². The van der Waals surface area contributed by atoms with Crippen LogP contribution in [0.25, 0.3) is 0 Å². The highest BCUT2D eigenvalue weighted by Gasteiger charge is 2.23. The van der Waals surface area contributed by atoms with Crippen molar-refractivity contribution < 1.29 is 4.79 Å². The van der Waals surface area contributed by atoms with Crippen LogP contribution in [0.15, 0.2) is 30.3 Å². The summed E-state index contributed by atoms with van der Waals surface area (Å²) in [5.74, 6) is 1.64. The van der Waals surface area contributed by atoms with Crippen molar-refractivity contribution in [3.8, 4) is 0 Å². The first-order chi connectivity index (χ1) is 12.4. The molecule has 3 rings (SSSR count). The fourth-order valence-corrected chi connectivity index (χ4v) is 3.95. The minimum Gasteiger partial charge on any atom is -0.351 e. The smallest absolute Gasteiger partial charge is 0.241 e. The van der Waals surface area contributed by atoms with Crippen LogP contribution in [0.3, 0.4) is 0 Å². The van der Waals surface area contributed by atoms with E-state index < -0.39 is 0 Å². The molecule has 0 atom stereocenters. The number of nitrogens with one attached hydrogen (secondary N) is 1. The number of hydrogen-bond donors (Lipinski definition) is 1. The summed E-state index contributed by atoms with van der Waals surface area (Å²) in [7, 11) is 0. The number of carbonyl (C=O) groups is 1. The molecule has 1 amide bonds. The molecule has 0 spiro atoms. The SMILES string of the molecule is CC(C)(C)c1nsc(NCC(=O)N2CCC(Cc3ccccc3)CC2)n1. The second-order valence-corrected chi connectivity index (χ2v) is 8.79. The number of rotatable bonds is 5. The van der Waals surface area contributed by atoms with Gasteiger partial charge in [0, 0.05) is 30.0 Å². The Morgan fingerprint density at radius 2 is 1.92 bits per heavy atom. The van der Waals surface area contributed by atoms with Gasteiger partial charge < -0.3 is 10.2 Å². The molecule has 0 aliphatic carbocycles. The third-order valence-electron chi connectivity index (χ3n) is 4.82. The van der Waals surface area contributed by atoms with Crippen LogP contribution in [0.4, 0.5) is 5.13 Å².